The van der Waals surface area contributed by atoms with Crippen LogP contribution in [0.25, 0.3) is 0 Å². The summed E-state index contributed by atoms with van der Waals surface area (Å²) in [5, 5.41) is 9.02. The number of aromatic amines is 1. The molecule has 2 heterocycles. The molecule has 2 N–H and O–H groups in total. The topological polar surface area (TPSA) is 75.1 Å². The van der Waals surface area contributed by atoms with Crippen LogP contribution in [0.5, 0.6) is 0 Å². The standard InChI is InChI=1S/C10H12N2O3Se/c1-6-4-12(10(15)11-9(6)14)8-3-2-7(5-13)16-8/h2-4,7-8,13H,5H2,1H3,(H,11,14,15)/t7-,8+/m0/s1. The second-order valence-corrected chi connectivity index (χ2v) is 6.47. The maximum absolute atomic E-state index is 11.6. The zero-order valence-corrected chi connectivity index (χ0v) is 10.4. The van der Waals surface area contributed by atoms with Gasteiger partial charge in [-0.3, -0.25) is 0 Å². The Kier molecular flexibility index (Phi) is 3.14. The number of allylic oxidation sites excluding steroid dienone is 1. The molecule has 0 radical (unpaired) electrons. The third-order valence-corrected chi connectivity index (χ3v) is 5.17. The number of H-pyrrole nitrogens is 1. The SMILES string of the molecule is Cc1cn([C@H]2C=C[C@@H](CO)[Se]2)c(=O)[nH]c1=O. The molecule has 0 aliphatic carbocycles. The molecule has 0 saturated heterocycles. The van der Waals surface area contributed by atoms with Gasteiger partial charge in [-0.2, -0.15) is 0 Å². The van der Waals surface area contributed by atoms with Gasteiger partial charge in [-0.1, -0.05) is 0 Å². The Morgan fingerprint density at radius 3 is 2.88 bits per heavy atom. The van der Waals surface area contributed by atoms with Crippen LogP contribution in [0.1, 0.15) is 10.5 Å². The number of nitrogens with zero attached hydrogens (tertiary/aromatic N) is 1. The summed E-state index contributed by atoms with van der Waals surface area (Å²) in [5.74, 6) is 0. The van der Waals surface area contributed by atoms with E-state index in [1.807, 2.05) is 12.2 Å². The minimum atomic E-state index is -0.384. The second kappa shape index (κ2) is 4.41. The average Bonchev–Trinajstić information content (AvgIpc) is 2.71. The molecule has 16 heavy (non-hydrogen) atoms. The Labute approximate surface area is 98.0 Å². The van der Waals surface area contributed by atoms with Gasteiger partial charge in [0.25, 0.3) is 0 Å². The first-order valence-corrected chi connectivity index (χ1v) is 6.86. The third-order valence-electron chi connectivity index (χ3n) is 2.40. The van der Waals surface area contributed by atoms with Crippen LogP contribution in [0.4, 0.5) is 0 Å². The van der Waals surface area contributed by atoms with Gasteiger partial charge in [0.05, 0.1) is 0 Å². The summed E-state index contributed by atoms with van der Waals surface area (Å²) in [6.45, 7) is 1.79. The van der Waals surface area contributed by atoms with Crippen LogP contribution in [0.3, 0.4) is 0 Å². The van der Waals surface area contributed by atoms with Crippen molar-refractivity contribution in [3.05, 3.63) is 44.8 Å². The van der Waals surface area contributed by atoms with Crippen LogP contribution in [0.15, 0.2) is 27.9 Å². The van der Waals surface area contributed by atoms with Crippen LogP contribution in [-0.4, -0.2) is 36.2 Å². The van der Waals surface area contributed by atoms with Gasteiger partial charge in [-0.15, -0.1) is 0 Å². The van der Waals surface area contributed by atoms with Crippen LogP contribution >= 0.6 is 0 Å². The molecule has 1 aliphatic rings. The molecule has 0 fully saturated rings. The molecule has 2 atom stereocenters. The molecule has 0 saturated carbocycles. The van der Waals surface area contributed by atoms with Crippen molar-refractivity contribution in [2.45, 2.75) is 16.7 Å². The first-order chi connectivity index (χ1) is 7.61. The third kappa shape index (κ3) is 2.04. The summed E-state index contributed by atoms with van der Waals surface area (Å²) in [7, 11) is 0. The Hall–Kier alpha value is -1.10. The van der Waals surface area contributed by atoms with Crippen LogP contribution in [-0.2, 0) is 0 Å². The summed E-state index contributed by atoms with van der Waals surface area (Å²) in [6, 6.07) is 0. The van der Waals surface area contributed by atoms with E-state index in [2.05, 4.69) is 4.98 Å². The van der Waals surface area contributed by atoms with E-state index in [9.17, 15) is 9.59 Å². The van der Waals surface area contributed by atoms with E-state index >= 15 is 0 Å². The van der Waals surface area contributed by atoms with Crippen molar-refractivity contribution in [3.63, 3.8) is 0 Å². The average molecular weight is 287 g/mol. The molecule has 1 aliphatic heterocycles. The van der Waals surface area contributed by atoms with E-state index in [0.29, 0.717) is 5.56 Å². The summed E-state index contributed by atoms with van der Waals surface area (Å²) < 4.78 is 1.53. The predicted octanol–water partition coefficient (Wildman–Crippen LogP) is -0.602. The second-order valence-electron chi connectivity index (χ2n) is 3.61. The van der Waals surface area contributed by atoms with Gasteiger partial charge < -0.3 is 0 Å². The quantitative estimate of drug-likeness (QED) is 0.563. The summed E-state index contributed by atoms with van der Waals surface area (Å²) in [4.78, 5) is 25.2. The number of aryl methyl sites for hydroxylation is 1. The molecule has 0 unspecified atom stereocenters. The van der Waals surface area contributed by atoms with Gasteiger partial charge >= 0.3 is 97.7 Å². The molecule has 86 valence electrons. The number of aromatic nitrogens is 2. The van der Waals surface area contributed by atoms with Gasteiger partial charge in [-0.05, 0) is 0 Å². The summed E-state index contributed by atoms with van der Waals surface area (Å²) >= 11 is 0.114. The number of aliphatic hydroxyl groups excluding tert-OH is 1. The zero-order chi connectivity index (χ0) is 11.7. The van der Waals surface area contributed by atoms with Gasteiger partial charge in [0.1, 0.15) is 0 Å². The van der Waals surface area contributed by atoms with Crippen molar-refractivity contribution in [1.82, 2.24) is 9.55 Å². The van der Waals surface area contributed by atoms with E-state index in [1.54, 1.807) is 13.1 Å². The summed E-state index contributed by atoms with van der Waals surface area (Å²) in [6.07, 6.45) is 5.43. The number of rotatable bonds is 2. The van der Waals surface area contributed by atoms with Crippen molar-refractivity contribution >= 4 is 15.0 Å². The Morgan fingerprint density at radius 2 is 2.25 bits per heavy atom. The van der Waals surface area contributed by atoms with Crippen LogP contribution in [0, 0.1) is 6.92 Å². The van der Waals surface area contributed by atoms with Gasteiger partial charge in [0, 0.05) is 0 Å². The monoisotopic (exact) mass is 288 g/mol. The van der Waals surface area contributed by atoms with Crippen molar-refractivity contribution in [1.29, 1.82) is 0 Å². The minimum absolute atomic E-state index is 0.00676. The summed E-state index contributed by atoms with van der Waals surface area (Å²) in [5.41, 5.74) is -0.198. The Morgan fingerprint density at radius 1 is 1.50 bits per heavy atom. The van der Waals surface area contributed by atoms with Crippen molar-refractivity contribution in [2.24, 2.45) is 0 Å². The molecular weight excluding hydrogens is 275 g/mol. The number of nitrogens with one attached hydrogen (secondary N) is 1. The maximum atomic E-state index is 11.6. The fourth-order valence-electron chi connectivity index (χ4n) is 1.53. The molecular formula is C10H12N2O3Se. The molecule has 0 spiro atoms. The molecule has 0 amide bonds. The van der Waals surface area contributed by atoms with E-state index < -0.39 is 0 Å². The fourth-order valence-corrected chi connectivity index (χ4v) is 3.82. The van der Waals surface area contributed by atoms with E-state index in [-0.39, 0.29) is 42.6 Å². The Balaban J connectivity index is 2.36. The van der Waals surface area contributed by atoms with Crippen LogP contribution in [0.2, 0.25) is 4.82 Å². The van der Waals surface area contributed by atoms with E-state index in [1.165, 1.54) is 4.57 Å². The predicted molar refractivity (Wildman–Crippen MR) is 60.8 cm³/mol. The van der Waals surface area contributed by atoms with Crippen LogP contribution < -0.4 is 11.2 Å². The molecule has 6 heteroatoms. The number of aliphatic hydroxyl groups is 1. The Bertz CT molecular complexity index is 532. The first-order valence-electron chi connectivity index (χ1n) is 4.88. The van der Waals surface area contributed by atoms with Gasteiger partial charge in [0.15, 0.2) is 0 Å². The van der Waals surface area contributed by atoms with E-state index in [0.717, 1.165) is 0 Å². The first kappa shape index (κ1) is 11.4. The normalized spacial score (nSPS) is 23.9. The zero-order valence-electron chi connectivity index (χ0n) is 8.71. The van der Waals surface area contributed by atoms with Crippen molar-refractivity contribution in [2.75, 3.05) is 6.61 Å². The van der Waals surface area contributed by atoms with E-state index in [4.69, 9.17) is 5.11 Å². The molecule has 2 rings (SSSR count). The van der Waals surface area contributed by atoms with Crippen molar-refractivity contribution < 1.29 is 5.11 Å². The molecule has 1 aromatic rings. The van der Waals surface area contributed by atoms with Crippen molar-refractivity contribution in [3.8, 4) is 0 Å². The molecule has 0 bridgehead atoms. The number of hydrogen-bond acceptors (Lipinski definition) is 3. The number of hydrogen-bond donors (Lipinski definition) is 2. The van der Waals surface area contributed by atoms with Gasteiger partial charge in [-0.25, -0.2) is 0 Å². The fraction of sp³-hybridized carbons (Fsp3) is 0.400. The van der Waals surface area contributed by atoms with Gasteiger partial charge in [0.2, 0.25) is 0 Å². The molecule has 0 aromatic carbocycles. The molecule has 5 nitrogen and oxygen atoms in total. The molecule has 1 aromatic heterocycles.